The molecule has 120 valence electrons. The Morgan fingerprint density at radius 3 is 2.32 bits per heavy atom. The van der Waals surface area contributed by atoms with E-state index in [2.05, 4.69) is 15.5 Å². The minimum absolute atomic E-state index is 0.000654. The highest BCUT2D eigenvalue weighted by molar-refractivity contribution is 5.94. The lowest BCUT2D eigenvalue weighted by Gasteiger charge is -2.25. The van der Waals surface area contributed by atoms with E-state index in [1.54, 1.807) is 6.07 Å². The largest absolute Gasteiger partial charge is 0.326 e. The Hall–Kier alpha value is -1.88. The first-order chi connectivity index (χ1) is 10.7. The van der Waals surface area contributed by atoms with Gasteiger partial charge in [0.2, 0.25) is 11.8 Å². The Kier molecular flexibility index (Phi) is 6.40. The van der Waals surface area contributed by atoms with Crippen molar-refractivity contribution in [1.82, 2.24) is 4.90 Å². The van der Waals surface area contributed by atoms with Crippen molar-refractivity contribution >= 4 is 23.2 Å². The number of piperidine rings is 1. The molecule has 0 unspecified atom stereocenters. The molecule has 5 nitrogen and oxygen atoms in total. The molecule has 2 N–H and O–H groups in total. The number of carbonyl (C=O) groups excluding carboxylic acids is 2. The van der Waals surface area contributed by atoms with Gasteiger partial charge in [-0.15, -0.1) is 0 Å². The van der Waals surface area contributed by atoms with E-state index in [1.807, 2.05) is 25.1 Å². The Labute approximate surface area is 132 Å². The van der Waals surface area contributed by atoms with Gasteiger partial charge >= 0.3 is 0 Å². The van der Waals surface area contributed by atoms with Crippen LogP contribution < -0.4 is 10.6 Å². The number of rotatable bonds is 6. The van der Waals surface area contributed by atoms with Crippen LogP contribution in [0.15, 0.2) is 24.3 Å². The van der Waals surface area contributed by atoms with Gasteiger partial charge in [-0.3, -0.25) is 14.5 Å². The molecule has 1 fully saturated rings. The number of amides is 2. The van der Waals surface area contributed by atoms with Gasteiger partial charge in [-0.25, -0.2) is 0 Å². The van der Waals surface area contributed by atoms with Crippen LogP contribution in [0.1, 0.15) is 39.0 Å². The third-order valence-electron chi connectivity index (χ3n) is 3.72. The molecule has 2 rings (SSSR count). The van der Waals surface area contributed by atoms with Crippen LogP contribution in [0, 0.1) is 0 Å². The van der Waals surface area contributed by atoms with Crippen molar-refractivity contribution in [2.24, 2.45) is 0 Å². The van der Waals surface area contributed by atoms with E-state index in [0.29, 0.717) is 18.7 Å². The normalized spacial score (nSPS) is 15.3. The molecule has 0 saturated carbocycles. The first-order valence-electron chi connectivity index (χ1n) is 8.09. The molecular weight excluding hydrogens is 278 g/mol. The van der Waals surface area contributed by atoms with Crippen LogP contribution in [0.25, 0.3) is 0 Å². The number of nitrogens with one attached hydrogen (secondary N) is 2. The van der Waals surface area contributed by atoms with Crippen molar-refractivity contribution < 1.29 is 9.59 Å². The van der Waals surface area contributed by atoms with Crippen LogP contribution >= 0.6 is 0 Å². The van der Waals surface area contributed by atoms with Gasteiger partial charge in [-0.2, -0.15) is 0 Å². The second kappa shape index (κ2) is 8.54. The summed E-state index contributed by atoms with van der Waals surface area (Å²) in [6.07, 6.45) is 4.93. The fourth-order valence-electron chi connectivity index (χ4n) is 2.65. The summed E-state index contributed by atoms with van der Waals surface area (Å²) in [6.45, 7) is 4.41. The lowest BCUT2D eigenvalue weighted by Crippen LogP contribution is -2.36. The van der Waals surface area contributed by atoms with Crippen LogP contribution in [0.2, 0.25) is 0 Å². The molecule has 1 aliphatic rings. The van der Waals surface area contributed by atoms with Gasteiger partial charge in [-0.1, -0.05) is 19.4 Å². The summed E-state index contributed by atoms with van der Waals surface area (Å²) in [6, 6.07) is 7.29. The Morgan fingerprint density at radius 2 is 1.68 bits per heavy atom. The van der Waals surface area contributed by atoms with Gasteiger partial charge in [0.25, 0.3) is 0 Å². The predicted octanol–water partition coefficient (Wildman–Crippen LogP) is 2.85. The van der Waals surface area contributed by atoms with Crippen molar-refractivity contribution in [3.8, 4) is 0 Å². The summed E-state index contributed by atoms with van der Waals surface area (Å²) in [5.41, 5.74) is 1.44. The van der Waals surface area contributed by atoms with Crippen LogP contribution in [-0.2, 0) is 9.59 Å². The highest BCUT2D eigenvalue weighted by atomic mass is 16.2. The maximum absolute atomic E-state index is 12.1. The van der Waals surface area contributed by atoms with Crippen LogP contribution in [0.3, 0.4) is 0 Å². The zero-order valence-corrected chi connectivity index (χ0v) is 13.2. The molecule has 0 bridgehead atoms. The fraction of sp³-hybridized carbons (Fsp3) is 0.529. The average molecular weight is 303 g/mol. The Balaban J connectivity index is 1.86. The Bertz CT molecular complexity index is 510. The number of benzene rings is 1. The maximum Gasteiger partial charge on any atom is 0.238 e. The molecular formula is C17H25N3O2. The van der Waals surface area contributed by atoms with Crippen LogP contribution in [0.4, 0.5) is 11.4 Å². The maximum atomic E-state index is 12.1. The molecule has 1 aliphatic heterocycles. The summed E-state index contributed by atoms with van der Waals surface area (Å²) < 4.78 is 0. The van der Waals surface area contributed by atoms with E-state index in [0.717, 1.165) is 25.2 Å². The van der Waals surface area contributed by atoms with E-state index < -0.39 is 0 Å². The lowest BCUT2D eigenvalue weighted by molar-refractivity contribution is -0.117. The highest BCUT2D eigenvalue weighted by Gasteiger charge is 2.14. The smallest absolute Gasteiger partial charge is 0.238 e. The zero-order valence-electron chi connectivity index (χ0n) is 13.2. The van der Waals surface area contributed by atoms with E-state index in [4.69, 9.17) is 0 Å². The van der Waals surface area contributed by atoms with Crippen LogP contribution in [0.5, 0.6) is 0 Å². The molecule has 22 heavy (non-hydrogen) atoms. The van der Waals surface area contributed by atoms with E-state index in [1.165, 1.54) is 19.3 Å². The monoisotopic (exact) mass is 303 g/mol. The van der Waals surface area contributed by atoms with Crippen molar-refractivity contribution in [1.29, 1.82) is 0 Å². The second-order valence-electron chi connectivity index (χ2n) is 5.76. The summed E-state index contributed by atoms with van der Waals surface area (Å²) >= 11 is 0. The molecule has 0 aliphatic carbocycles. The molecule has 1 aromatic carbocycles. The SMILES string of the molecule is CCCC(=O)Nc1cccc(NC(=O)CN2CCCCC2)c1. The molecule has 5 heteroatoms. The number of anilines is 2. The summed E-state index contributed by atoms with van der Waals surface area (Å²) in [4.78, 5) is 25.9. The van der Waals surface area contributed by atoms with Crippen molar-refractivity contribution in [3.63, 3.8) is 0 Å². The van der Waals surface area contributed by atoms with Gasteiger partial charge < -0.3 is 10.6 Å². The third-order valence-corrected chi connectivity index (χ3v) is 3.72. The lowest BCUT2D eigenvalue weighted by atomic mass is 10.1. The molecule has 1 aromatic rings. The van der Waals surface area contributed by atoms with Gasteiger partial charge in [0, 0.05) is 17.8 Å². The minimum Gasteiger partial charge on any atom is -0.326 e. The quantitative estimate of drug-likeness (QED) is 0.849. The first kappa shape index (κ1) is 16.5. The number of hydrogen-bond acceptors (Lipinski definition) is 3. The zero-order chi connectivity index (χ0) is 15.8. The highest BCUT2D eigenvalue weighted by Crippen LogP contribution is 2.16. The predicted molar refractivity (Wildman–Crippen MR) is 88.9 cm³/mol. The van der Waals surface area contributed by atoms with E-state index in [9.17, 15) is 9.59 Å². The number of hydrogen-bond donors (Lipinski definition) is 2. The molecule has 1 saturated heterocycles. The first-order valence-corrected chi connectivity index (χ1v) is 8.09. The van der Waals surface area contributed by atoms with Crippen molar-refractivity contribution in [3.05, 3.63) is 24.3 Å². The van der Waals surface area contributed by atoms with Gasteiger partial charge in [0.15, 0.2) is 0 Å². The molecule has 0 radical (unpaired) electrons. The average Bonchev–Trinajstić information content (AvgIpc) is 2.48. The van der Waals surface area contributed by atoms with Crippen molar-refractivity contribution in [2.75, 3.05) is 30.3 Å². The third kappa shape index (κ3) is 5.48. The molecule has 1 heterocycles. The minimum atomic E-state index is -0.000986. The van der Waals surface area contributed by atoms with E-state index >= 15 is 0 Å². The standard InChI is InChI=1S/C17H25N3O2/c1-2-7-16(21)18-14-8-6-9-15(12-14)19-17(22)13-20-10-4-3-5-11-20/h6,8-9,12H,2-5,7,10-11,13H2,1H3,(H,18,21)(H,19,22). The molecule has 0 spiro atoms. The second-order valence-corrected chi connectivity index (χ2v) is 5.76. The number of likely N-dealkylation sites (tertiary alicyclic amines) is 1. The molecule has 0 atom stereocenters. The van der Waals surface area contributed by atoms with E-state index in [-0.39, 0.29) is 11.8 Å². The summed E-state index contributed by atoms with van der Waals surface area (Å²) in [5, 5.41) is 5.74. The summed E-state index contributed by atoms with van der Waals surface area (Å²) in [5.74, 6) is -0.00164. The topological polar surface area (TPSA) is 61.4 Å². The number of carbonyl (C=O) groups is 2. The summed E-state index contributed by atoms with van der Waals surface area (Å²) in [7, 11) is 0. The van der Waals surface area contributed by atoms with Gasteiger partial charge in [0.1, 0.15) is 0 Å². The Morgan fingerprint density at radius 1 is 1.05 bits per heavy atom. The van der Waals surface area contributed by atoms with Crippen molar-refractivity contribution in [2.45, 2.75) is 39.0 Å². The molecule has 0 aromatic heterocycles. The van der Waals surface area contributed by atoms with Gasteiger partial charge in [0.05, 0.1) is 6.54 Å². The van der Waals surface area contributed by atoms with Crippen LogP contribution in [-0.4, -0.2) is 36.3 Å². The molecule has 2 amide bonds. The number of nitrogens with zero attached hydrogens (tertiary/aromatic N) is 1. The fourth-order valence-corrected chi connectivity index (χ4v) is 2.65. The van der Waals surface area contributed by atoms with Gasteiger partial charge in [-0.05, 0) is 50.6 Å².